The van der Waals surface area contributed by atoms with Crippen molar-refractivity contribution in [1.29, 1.82) is 0 Å². The van der Waals surface area contributed by atoms with Gasteiger partial charge in [0.15, 0.2) is 0 Å². The van der Waals surface area contributed by atoms with Crippen LogP contribution in [-0.2, 0) is 14.3 Å². The fourth-order valence-corrected chi connectivity index (χ4v) is 3.75. The SMILES string of the molecule is COCC1(C(=O)O)CCN(C(=O)C2COc3cc(C)c(C)cc32)CC1. The van der Waals surface area contributed by atoms with Gasteiger partial charge in [0, 0.05) is 25.8 Å². The monoisotopic (exact) mass is 347 g/mol. The molecule has 0 bridgehead atoms. The summed E-state index contributed by atoms with van der Waals surface area (Å²) in [7, 11) is 1.51. The number of nitrogens with zero attached hydrogens (tertiary/aromatic N) is 1. The largest absolute Gasteiger partial charge is 0.492 e. The average molecular weight is 347 g/mol. The molecular formula is C19H25NO5. The van der Waals surface area contributed by atoms with E-state index in [1.54, 1.807) is 4.90 Å². The predicted molar refractivity (Wildman–Crippen MR) is 91.9 cm³/mol. The maximum Gasteiger partial charge on any atom is 0.312 e. The first-order valence-corrected chi connectivity index (χ1v) is 8.63. The highest BCUT2D eigenvalue weighted by Gasteiger charge is 2.44. The zero-order valence-corrected chi connectivity index (χ0v) is 15.0. The second kappa shape index (κ2) is 6.67. The minimum Gasteiger partial charge on any atom is -0.492 e. The molecule has 6 heteroatoms. The van der Waals surface area contributed by atoms with E-state index < -0.39 is 11.4 Å². The van der Waals surface area contributed by atoms with Gasteiger partial charge in [-0.1, -0.05) is 6.07 Å². The Morgan fingerprint density at radius 2 is 1.92 bits per heavy atom. The van der Waals surface area contributed by atoms with Gasteiger partial charge >= 0.3 is 5.97 Å². The van der Waals surface area contributed by atoms with Gasteiger partial charge in [0.2, 0.25) is 5.91 Å². The van der Waals surface area contributed by atoms with Crippen molar-refractivity contribution < 1.29 is 24.2 Å². The molecule has 2 aliphatic heterocycles. The first-order valence-electron chi connectivity index (χ1n) is 8.63. The molecule has 0 spiro atoms. The highest BCUT2D eigenvalue weighted by atomic mass is 16.5. The van der Waals surface area contributed by atoms with E-state index in [9.17, 15) is 14.7 Å². The van der Waals surface area contributed by atoms with Gasteiger partial charge in [-0.3, -0.25) is 9.59 Å². The molecule has 1 saturated heterocycles. The number of ether oxygens (including phenoxy) is 2. The number of piperidine rings is 1. The zero-order chi connectivity index (χ0) is 18.2. The van der Waals surface area contributed by atoms with Gasteiger partial charge in [0.05, 0.1) is 12.0 Å². The number of hydrogen-bond acceptors (Lipinski definition) is 4. The van der Waals surface area contributed by atoms with Crippen molar-refractivity contribution in [3.05, 3.63) is 28.8 Å². The van der Waals surface area contributed by atoms with Crippen LogP contribution in [0.4, 0.5) is 0 Å². The Kier molecular flexibility index (Phi) is 4.73. The van der Waals surface area contributed by atoms with E-state index in [0.717, 1.165) is 22.4 Å². The number of methoxy groups -OCH3 is 1. The lowest BCUT2D eigenvalue weighted by Crippen LogP contribution is -2.49. The van der Waals surface area contributed by atoms with Crippen LogP contribution in [-0.4, -0.2) is 55.3 Å². The number of aliphatic carboxylic acids is 1. The van der Waals surface area contributed by atoms with Crippen molar-refractivity contribution in [3.8, 4) is 5.75 Å². The molecule has 0 radical (unpaired) electrons. The number of fused-ring (bicyclic) bond motifs is 1. The summed E-state index contributed by atoms with van der Waals surface area (Å²) < 4.78 is 10.8. The van der Waals surface area contributed by atoms with Crippen molar-refractivity contribution in [3.63, 3.8) is 0 Å². The van der Waals surface area contributed by atoms with Crippen LogP contribution in [0, 0.1) is 19.3 Å². The number of carboxylic acids is 1. The highest BCUT2D eigenvalue weighted by molar-refractivity contribution is 5.86. The molecule has 0 saturated carbocycles. The second-order valence-electron chi connectivity index (χ2n) is 7.18. The number of benzene rings is 1. The Hall–Kier alpha value is -2.08. The lowest BCUT2D eigenvalue weighted by Gasteiger charge is -2.39. The molecule has 1 aromatic carbocycles. The molecule has 3 rings (SSSR count). The highest BCUT2D eigenvalue weighted by Crippen LogP contribution is 2.39. The van der Waals surface area contributed by atoms with Gasteiger partial charge in [-0.2, -0.15) is 0 Å². The molecule has 1 unspecified atom stereocenters. The summed E-state index contributed by atoms with van der Waals surface area (Å²) in [5.74, 6) is -0.327. The number of carbonyl (C=O) groups excluding carboxylic acids is 1. The molecule has 1 amide bonds. The second-order valence-corrected chi connectivity index (χ2v) is 7.18. The fraction of sp³-hybridized carbons (Fsp3) is 0.579. The lowest BCUT2D eigenvalue weighted by molar-refractivity contribution is -0.158. The third-order valence-corrected chi connectivity index (χ3v) is 5.61. The molecule has 2 heterocycles. The molecule has 6 nitrogen and oxygen atoms in total. The lowest BCUT2D eigenvalue weighted by atomic mass is 9.79. The fourth-order valence-electron chi connectivity index (χ4n) is 3.75. The van der Waals surface area contributed by atoms with E-state index in [1.807, 2.05) is 26.0 Å². The topological polar surface area (TPSA) is 76.1 Å². The number of hydrogen-bond donors (Lipinski definition) is 1. The Bertz CT molecular complexity index is 691. The number of amides is 1. The van der Waals surface area contributed by atoms with Gasteiger partial charge in [-0.05, 0) is 43.9 Å². The van der Waals surface area contributed by atoms with Crippen molar-refractivity contribution in [2.45, 2.75) is 32.6 Å². The summed E-state index contributed by atoms with van der Waals surface area (Å²) in [6.45, 7) is 5.46. The molecule has 2 aliphatic rings. The predicted octanol–water partition coefficient (Wildman–Crippen LogP) is 2.12. The molecule has 1 aromatic rings. The normalized spacial score (nSPS) is 21.6. The molecule has 1 N–H and O–H groups in total. The van der Waals surface area contributed by atoms with Gasteiger partial charge in [0.25, 0.3) is 0 Å². The summed E-state index contributed by atoms with van der Waals surface area (Å²) in [4.78, 5) is 26.4. The number of carbonyl (C=O) groups is 2. The molecule has 136 valence electrons. The van der Waals surface area contributed by atoms with Gasteiger partial charge in [-0.25, -0.2) is 0 Å². The van der Waals surface area contributed by atoms with Crippen LogP contribution in [0.25, 0.3) is 0 Å². The Balaban J connectivity index is 1.73. The third-order valence-electron chi connectivity index (χ3n) is 5.61. The Morgan fingerprint density at radius 1 is 1.28 bits per heavy atom. The van der Waals surface area contributed by atoms with Crippen LogP contribution in [0.1, 0.15) is 35.4 Å². The summed E-state index contributed by atoms with van der Waals surface area (Å²) in [6, 6.07) is 4.03. The molecular weight excluding hydrogens is 322 g/mol. The van der Waals surface area contributed by atoms with Crippen LogP contribution in [0.15, 0.2) is 12.1 Å². The van der Waals surface area contributed by atoms with Crippen LogP contribution >= 0.6 is 0 Å². The maximum atomic E-state index is 13.0. The van der Waals surface area contributed by atoms with Crippen molar-refractivity contribution in [2.24, 2.45) is 5.41 Å². The van der Waals surface area contributed by atoms with Crippen molar-refractivity contribution in [2.75, 3.05) is 33.4 Å². The van der Waals surface area contributed by atoms with E-state index in [1.165, 1.54) is 7.11 Å². The summed E-state index contributed by atoms with van der Waals surface area (Å²) in [6.07, 6.45) is 0.824. The number of carboxylic acid groups (broad SMARTS) is 1. The van der Waals surface area contributed by atoms with Gasteiger partial charge < -0.3 is 19.5 Å². The average Bonchev–Trinajstić information content (AvgIpc) is 2.98. The van der Waals surface area contributed by atoms with Gasteiger partial charge in [-0.15, -0.1) is 0 Å². The van der Waals surface area contributed by atoms with Crippen LogP contribution in [0.5, 0.6) is 5.75 Å². The zero-order valence-electron chi connectivity index (χ0n) is 15.0. The van der Waals surface area contributed by atoms with E-state index in [4.69, 9.17) is 9.47 Å². The molecule has 0 aliphatic carbocycles. The third kappa shape index (κ3) is 3.11. The van der Waals surface area contributed by atoms with Crippen LogP contribution in [0.2, 0.25) is 0 Å². The first-order chi connectivity index (χ1) is 11.9. The smallest absolute Gasteiger partial charge is 0.312 e. The molecule has 0 aromatic heterocycles. The first kappa shape index (κ1) is 17.7. The van der Waals surface area contributed by atoms with Crippen molar-refractivity contribution in [1.82, 2.24) is 4.90 Å². The van der Waals surface area contributed by atoms with Crippen molar-refractivity contribution >= 4 is 11.9 Å². The van der Waals surface area contributed by atoms with E-state index in [-0.39, 0.29) is 18.4 Å². The number of aryl methyl sites for hydroxylation is 2. The van der Waals surface area contributed by atoms with Crippen LogP contribution < -0.4 is 4.74 Å². The Morgan fingerprint density at radius 3 is 2.52 bits per heavy atom. The van der Waals surface area contributed by atoms with E-state index in [2.05, 4.69) is 0 Å². The quantitative estimate of drug-likeness (QED) is 0.903. The molecule has 1 atom stereocenters. The van der Waals surface area contributed by atoms with E-state index in [0.29, 0.717) is 32.5 Å². The number of rotatable bonds is 4. The summed E-state index contributed by atoms with van der Waals surface area (Å²) >= 11 is 0. The maximum absolute atomic E-state index is 13.0. The molecule has 25 heavy (non-hydrogen) atoms. The van der Waals surface area contributed by atoms with Crippen LogP contribution in [0.3, 0.4) is 0 Å². The Labute approximate surface area is 147 Å². The minimum atomic E-state index is -0.886. The summed E-state index contributed by atoms with van der Waals surface area (Å²) in [5.41, 5.74) is 2.35. The number of likely N-dealkylation sites (tertiary alicyclic amines) is 1. The van der Waals surface area contributed by atoms with Gasteiger partial charge in [0.1, 0.15) is 18.3 Å². The van der Waals surface area contributed by atoms with E-state index >= 15 is 0 Å². The summed E-state index contributed by atoms with van der Waals surface area (Å²) in [5, 5.41) is 9.54. The molecule has 1 fully saturated rings. The standard InChI is InChI=1S/C19H25NO5/c1-12-8-14-15(10-25-16(14)9-13(12)2)17(21)20-6-4-19(5-7-20,11-24-3)18(22)23/h8-9,15H,4-7,10-11H2,1-3H3,(H,22,23). The minimum absolute atomic E-state index is 0.0263.